The molecule has 0 aromatic heterocycles. The van der Waals surface area contributed by atoms with Crippen LogP contribution in [0, 0.1) is 5.82 Å². The van der Waals surface area contributed by atoms with Crippen LogP contribution in [0.5, 0.6) is 5.75 Å². The summed E-state index contributed by atoms with van der Waals surface area (Å²) in [5, 5.41) is 2.47. The summed E-state index contributed by atoms with van der Waals surface area (Å²) in [4.78, 5) is 23.9. The number of ether oxygens (including phenoxy) is 2. The molecule has 0 heterocycles. The molecule has 5 nitrogen and oxygen atoms in total. The predicted octanol–water partition coefficient (Wildman–Crippen LogP) is 3.86. The Labute approximate surface area is 153 Å². The number of hydrogen-bond donors (Lipinski definition) is 1. The Morgan fingerprint density at radius 3 is 2.44 bits per heavy atom. The Bertz CT molecular complexity index is 827. The first-order valence-corrected chi connectivity index (χ1v) is 7.81. The molecule has 0 bridgehead atoms. The number of esters is 1. The smallest absolute Gasteiger partial charge is 0.341 e. The average Bonchev–Trinajstić information content (AvgIpc) is 2.61. The zero-order chi connectivity index (χ0) is 18.6. The molecule has 0 spiro atoms. The molecule has 1 amide bonds. The zero-order valence-corrected chi connectivity index (χ0v) is 14.9. The van der Waals surface area contributed by atoms with Crippen LogP contribution < -0.4 is 10.1 Å². The van der Waals surface area contributed by atoms with Crippen molar-refractivity contribution in [2.24, 2.45) is 0 Å². The Morgan fingerprint density at radius 2 is 1.80 bits per heavy atom. The Morgan fingerprint density at radius 1 is 1.08 bits per heavy atom. The summed E-state index contributed by atoms with van der Waals surface area (Å²) in [6.07, 6.45) is 0. The van der Waals surface area contributed by atoms with Crippen molar-refractivity contribution in [2.75, 3.05) is 14.2 Å². The van der Waals surface area contributed by atoms with Gasteiger partial charge in [0.15, 0.2) is 0 Å². The number of benzene rings is 2. The van der Waals surface area contributed by atoms with Crippen molar-refractivity contribution >= 4 is 35.1 Å². The van der Waals surface area contributed by atoms with Crippen molar-refractivity contribution in [2.45, 2.75) is 6.54 Å². The molecule has 0 saturated carbocycles. The van der Waals surface area contributed by atoms with E-state index in [-0.39, 0.29) is 27.7 Å². The fourth-order valence-corrected chi connectivity index (χ4v) is 2.58. The standard InChI is InChI=1S/C17H14Cl2FNO4/c1-24-15-4-3-9(5-11(15)17(23)25-2)8-21-16(22)10-6-14(20)13(19)7-12(10)18/h3-7H,8H2,1-2H3,(H,21,22). The van der Waals surface area contributed by atoms with E-state index >= 15 is 0 Å². The zero-order valence-electron chi connectivity index (χ0n) is 13.4. The number of methoxy groups -OCH3 is 2. The average molecular weight is 386 g/mol. The van der Waals surface area contributed by atoms with E-state index in [2.05, 4.69) is 5.32 Å². The minimum absolute atomic E-state index is 0.0360. The fraction of sp³-hybridized carbons (Fsp3) is 0.176. The van der Waals surface area contributed by atoms with Gasteiger partial charge in [-0.3, -0.25) is 4.79 Å². The van der Waals surface area contributed by atoms with Gasteiger partial charge in [-0.15, -0.1) is 0 Å². The van der Waals surface area contributed by atoms with Gasteiger partial charge in [-0.1, -0.05) is 29.3 Å². The maximum Gasteiger partial charge on any atom is 0.341 e. The minimum Gasteiger partial charge on any atom is -0.496 e. The molecule has 2 rings (SSSR count). The maximum atomic E-state index is 13.5. The van der Waals surface area contributed by atoms with Gasteiger partial charge < -0.3 is 14.8 Å². The van der Waals surface area contributed by atoms with Crippen LogP contribution in [0.2, 0.25) is 10.0 Å². The van der Waals surface area contributed by atoms with Gasteiger partial charge in [-0.25, -0.2) is 9.18 Å². The molecule has 0 aliphatic rings. The second-order valence-corrected chi connectivity index (χ2v) is 5.77. The van der Waals surface area contributed by atoms with Crippen molar-refractivity contribution < 1.29 is 23.5 Å². The first-order chi connectivity index (χ1) is 11.9. The summed E-state index contributed by atoms with van der Waals surface area (Å²) in [5.41, 5.74) is 0.817. The normalized spacial score (nSPS) is 10.3. The predicted molar refractivity (Wildman–Crippen MR) is 91.9 cm³/mol. The largest absolute Gasteiger partial charge is 0.496 e. The van der Waals surface area contributed by atoms with Gasteiger partial charge in [-0.05, 0) is 29.8 Å². The van der Waals surface area contributed by atoms with Crippen molar-refractivity contribution in [3.63, 3.8) is 0 Å². The molecule has 2 aromatic rings. The van der Waals surface area contributed by atoms with Crippen LogP contribution in [-0.4, -0.2) is 26.1 Å². The van der Waals surface area contributed by atoms with Crippen LogP contribution >= 0.6 is 23.2 Å². The first-order valence-electron chi connectivity index (χ1n) is 7.05. The number of carbonyl (C=O) groups excluding carboxylic acids is 2. The molecule has 0 aliphatic heterocycles. The van der Waals surface area contributed by atoms with Gasteiger partial charge in [0.1, 0.15) is 17.1 Å². The molecule has 0 fully saturated rings. The number of hydrogen-bond acceptors (Lipinski definition) is 4. The van der Waals surface area contributed by atoms with Crippen LogP contribution in [-0.2, 0) is 11.3 Å². The summed E-state index contributed by atoms with van der Waals surface area (Å²) >= 11 is 11.5. The van der Waals surface area contributed by atoms with Crippen molar-refractivity contribution in [1.82, 2.24) is 5.32 Å². The second kappa shape index (κ2) is 8.18. The van der Waals surface area contributed by atoms with Gasteiger partial charge in [0.25, 0.3) is 5.91 Å². The van der Waals surface area contributed by atoms with E-state index in [0.717, 1.165) is 12.1 Å². The third-order valence-corrected chi connectivity index (χ3v) is 3.98. The van der Waals surface area contributed by atoms with E-state index in [4.69, 9.17) is 32.7 Å². The summed E-state index contributed by atoms with van der Waals surface area (Å²) in [6.45, 7) is 0.0907. The third-order valence-electron chi connectivity index (χ3n) is 3.38. The number of carbonyl (C=O) groups is 2. The molecule has 2 aromatic carbocycles. The van der Waals surface area contributed by atoms with E-state index in [0.29, 0.717) is 11.3 Å². The molecular formula is C17H14Cl2FNO4. The second-order valence-electron chi connectivity index (χ2n) is 4.96. The van der Waals surface area contributed by atoms with Gasteiger partial charge in [0.05, 0.1) is 29.8 Å². The molecule has 0 saturated heterocycles. The summed E-state index contributed by atoms with van der Waals surface area (Å²) in [7, 11) is 2.69. The van der Waals surface area contributed by atoms with Crippen molar-refractivity contribution in [1.29, 1.82) is 0 Å². The minimum atomic E-state index is -0.742. The van der Waals surface area contributed by atoms with Crippen molar-refractivity contribution in [3.8, 4) is 5.75 Å². The molecule has 132 valence electrons. The number of nitrogens with one attached hydrogen (secondary N) is 1. The monoisotopic (exact) mass is 385 g/mol. The van der Waals surface area contributed by atoms with E-state index in [1.165, 1.54) is 20.3 Å². The summed E-state index contributed by atoms with van der Waals surface area (Å²) in [5.74, 6) is -1.53. The highest BCUT2D eigenvalue weighted by Crippen LogP contribution is 2.25. The number of rotatable bonds is 5. The Kier molecular flexibility index (Phi) is 6.22. The van der Waals surface area contributed by atoms with Crippen LogP contribution in [0.25, 0.3) is 0 Å². The van der Waals surface area contributed by atoms with Crippen LogP contribution in [0.1, 0.15) is 26.3 Å². The summed E-state index contributed by atoms with van der Waals surface area (Å²) < 4.78 is 23.3. The SMILES string of the molecule is COC(=O)c1cc(CNC(=O)c2cc(F)c(Cl)cc2Cl)ccc1OC. The fourth-order valence-electron chi connectivity index (χ4n) is 2.11. The highest BCUT2D eigenvalue weighted by Gasteiger charge is 2.16. The van der Waals surface area contributed by atoms with Gasteiger partial charge >= 0.3 is 5.97 Å². The molecule has 0 aliphatic carbocycles. The molecule has 0 radical (unpaired) electrons. The number of amides is 1. The molecule has 0 atom stereocenters. The highest BCUT2D eigenvalue weighted by atomic mass is 35.5. The summed E-state index contributed by atoms with van der Waals surface area (Å²) in [6, 6.07) is 6.93. The van der Waals surface area contributed by atoms with E-state index in [1.807, 2.05) is 0 Å². The van der Waals surface area contributed by atoms with Gasteiger partial charge in [0, 0.05) is 6.54 Å². The highest BCUT2D eigenvalue weighted by molar-refractivity contribution is 6.36. The maximum absolute atomic E-state index is 13.5. The topological polar surface area (TPSA) is 64.6 Å². The lowest BCUT2D eigenvalue weighted by Crippen LogP contribution is -2.23. The lowest BCUT2D eigenvalue weighted by molar-refractivity contribution is 0.0597. The Balaban J connectivity index is 2.17. The molecule has 8 heteroatoms. The molecule has 25 heavy (non-hydrogen) atoms. The lowest BCUT2D eigenvalue weighted by Gasteiger charge is -2.11. The van der Waals surface area contributed by atoms with E-state index in [1.54, 1.807) is 12.1 Å². The quantitative estimate of drug-likeness (QED) is 0.626. The van der Waals surface area contributed by atoms with Gasteiger partial charge in [-0.2, -0.15) is 0 Å². The number of halogens is 3. The van der Waals surface area contributed by atoms with E-state index < -0.39 is 17.7 Å². The molecule has 0 unspecified atom stereocenters. The molecule has 1 N–H and O–H groups in total. The van der Waals surface area contributed by atoms with Crippen LogP contribution in [0.3, 0.4) is 0 Å². The van der Waals surface area contributed by atoms with Crippen LogP contribution in [0.15, 0.2) is 30.3 Å². The first kappa shape index (κ1) is 19.0. The Hall–Kier alpha value is -2.31. The molecular weight excluding hydrogens is 372 g/mol. The third kappa shape index (κ3) is 4.41. The lowest BCUT2D eigenvalue weighted by atomic mass is 10.1. The van der Waals surface area contributed by atoms with Gasteiger partial charge in [0.2, 0.25) is 0 Å². The van der Waals surface area contributed by atoms with Crippen molar-refractivity contribution in [3.05, 3.63) is 62.9 Å². The van der Waals surface area contributed by atoms with Crippen LogP contribution in [0.4, 0.5) is 4.39 Å². The van der Waals surface area contributed by atoms with E-state index in [9.17, 15) is 14.0 Å².